The van der Waals surface area contributed by atoms with Gasteiger partial charge in [0, 0.05) is 18.5 Å². The van der Waals surface area contributed by atoms with Gasteiger partial charge in [-0.3, -0.25) is 4.79 Å². The second-order valence-corrected chi connectivity index (χ2v) is 5.96. The molecule has 0 unspecified atom stereocenters. The topological polar surface area (TPSA) is 32.3 Å². The van der Waals surface area contributed by atoms with Crippen molar-refractivity contribution in [2.45, 2.75) is 20.4 Å². The minimum absolute atomic E-state index is 0.153. The van der Waals surface area contributed by atoms with Gasteiger partial charge in [0.05, 0.1) is 12.5 Å². The van der Waals surface area contributed by atoms with E-state index in [9.17, 15) is 4.79 Å². The van der Waals surface area contributed by atoms with Crippen LogP contribution in [0.3, 0.4) is 0 Å². The molecule has 1 aliphatic heterocycles. The maximum Gasteiger partial charge on any atom is 0.227 e. The maximum atomic E-state index is 12.3. The molecule has 1 N–H and O–H groups in total. The Labute approximate surface area is 107 Å². The van der Waals surface area contributed by atoms with Gasteiger partial charge in [0.25, 0.3) is 0 Å². The highest BCUT2D eigenvalue weighted by Gasteiger charge is 2.31. The van der Waals surface area contributed by atoms with Crippen molar-refractivity contribution in [2.75, 3.05) is 20.1 Å². The Morgan fingerprint density at radius 3 is 2.88 bits per heavy atom. The molecule has 3 nitrogen and oxygen atoms in total. The second-order valence-electron chi connectivity index (χ2n) is 4.96. The quantitative estimate of drug-likeness (QED) is 0.890. The van der Waals surface area contributed by atoms with Gasteiger partial charge in [-0.2, -0.15) is 0 Å². The van der Waals surface area contributed by atoms with Gasteiger partial charge in [-0.1, -0.05) is 6.92 Å². The number of carbonyl (C=O) groups is 1. The molecule has 1 aromatic rings. The van der Waals surface area contributed by atoms with Gasteiger partial charge < -0.3 is 10.2 Å². The number of thiophene rings is 1. The van der Waals surface area contributed by atoms with Gasteiger partial charge in [-0.15, -0.1) is 11.3 Å². The highest BCUT2D eigenvalue weighted by atomic mass is 32.1. The van der Waals surface area contributed by atoms with Crippen molar-refractivity contribution in [1.29, 1.82) is 0 Å². The molecule has 2 heterocycles. The van der Waals surface area contributed by atoms with E-state index in [0.717, 1.165) is 19.6 Å². The van der Waals surface area contributed by atoms with E-state index in [2.05, 4.69) is 30.6 Å². The normalized spacial score (nSPS) is 23.9. The number of hydrogen-bond donors (Lipinski definition) is 1. The number of hydrogen-bond acceptors (Lipinski definition) is 3. The molecule has 2 atom stereocenters. The van der Waals surface area contributed by atoms with E-state index in [0.29, 0.717) is 5.92 Å². The van der Waals surface area contributed by atoms with Crippen molar-refractivity contribution < 1.29 is 4.79 Å². The number of carbonyl (C=O) groups excluding carboxylic acids is 1. The third kappa shape index (κ3) is 2.69. The van der Waals surface area contributed by atoms with Crippen LogP contribution in [-0.2, 0) is 11.3 Å². The SMILES string of the molecule is Cc1ccsc1CN(C)C(=O)[C@@H]1CNC[C@H]1C. The number of aryl methyl sites for hydroxylation is 1. The third-order valence-electron chi connectivity index (χ3n) is 3.56. The average molecular weight is 252 g/mol. The van der Waals surface area contributed by atoms with Crippen molar-refractivity contribution in [3.05, 3.63) is 21.9 Å². The molecule has 4 heteroatoms. The van der Waals surface area contributed by atoms with Crippen molar-refractivity contribution in [3.8, 4) is 0 Å². The molecule has 1 aliphatic rings. The molecule has 1 amide bonds. The Morgan fingerprint density at radius 2 is 2.35 bits per heavy atom. The standard InChI is InChI=1S/C13H20N2OS/c1-9-4-5-17-12(9)8-15(3)13(16)11-7-14-6-10(11)2/h4-5,10-11,14H,6-8H2,1-3H3/t10-,11-/m1/s1. The van der Waals surface area contributed by atoms with E-state index >= 15 is 0 Å². The summed E-state index contributed by atoms with van der Waals surface area (Å²) in [6, 6.07) is 2.11. The van der Waals surface area contributed by atoms with Crippen LogP contribution in [0.25, 0.3) is 0 Å². The van der Waals surface area contributed by atoms with E-state index in [1.807, 2.05) is 11.9 Å². The van der Waals surface area contributed by atoms with E-state index in [-0.39, 0.29) is 11.8 Å². The first kappa shape index (κ1) is 12.6. The highest BCUT2D eigenvalue weighted by Crippen LogP contribution is 2.21. The minimum atomic E-state index is 0.153. The maximum absolute atomic E-state index is 12.3. The summed E-state index contributed by atoms with van der Waals surface area (Å²) in [5, 5.41) is 5.37. The summed E-state index contributed by atoms with van der Waals surface area (Å²) in [6.45, 7) is 6.78. The van der Waals surface area contributed by atoms with Crippen LogP contribution >= 0.6 is 11.3 Å². The van der Waals surface area contributed by atoms with Crippen LogP contribution in [0.4, 0.5) is 0 Å². The van der Waals surface area contributed by atoms with Crippen LogP contribution in [0.2, 0.25) is 0 Å². The molecule has 0 aliphatic carbocycles. The van der Waals surface area contributed by atoms with E-state index in [1.54, 1.807) is 11.3 Å². The van der Waals surface area contributed by atoms with Crippen LogP contribution in [0, 0.1) is 18.8 Å². The van der Waals surface area contributed by atoms with Crippen LogP contribution in [-0.4, -0.2) is 30.9 Å². The predicted molar refractivity (Wildman–Crippen MR) is 71.1 cm³/mol. The van der Waals surface area contributed by atoms with E-state index in [1.165, 1.54) is 10.4 Å². The van der Waals surface area contributed by atoms with Crippen molar-refractivity contribution in [2.24, 2.45) is 11.8 Å². The number of nitrogens with zero attached hydrogens (tertiary/aromatic N) is 1. The first-order chi connectivity index (χ1) is 8.09. The lowest BCUT2D eigenvalue weighted by Crippen LogP contribution is -2.35. The monoisotopic (exact) mass is 252 g/mol. The molecule has 0 saturated carbocycles. The molecule has 1 aromatic heterocycles. The van der Waals surface area contributed by atoms with Gasteiger partial charge in [-0.25, -0.2) is 0 Å². The highest BCUT2D eigenvalue weighted by molar-refractivity contribution is 7.10. The van der Waals surface area contributed by atoms with Crippen LogP contribution in [0.1, 0.15) is 17.4 Å². The van der Waals surface area contributed by atoms with Gasteiger partial charge in [0.1, 0.15) is 0 Å². The minimum Gasteiger partial charge on any atom is -0.340 e. The fourth-order valence-corrected chi connectivity index (χ4v) is 3.24. The molecule has 2 rings (SSSR count). The molecular weight excluding hydrogens is 232 g/mol. The van der Waals surface area contributed by atoms with E-state index in [4.69, 9.17) is 0 Å². The lowest BCUT2D eigenvalue weighted by molar-refractivity contribution is -0.135. The first-order valence-electron chi connectivity index (χ1n) is 6.08. The lowest BCUT2D eigenvalue weighted by Gasteiger charge is -2.22. The summed E-state index contributed by atoms with van der Waals surface area (Å²) in [7, 11) is 1.91. The lowest BCUT2D eigenvalue weighted by atomic mass is 9.97. The Hall–Kier alpha value is -0.870. The number of amides is 1. The Morgan fingerprint density at radius 1 is 1.59 bits per heavy atom. The number of nitrogens with one attached hydrogen (secondary N) is 1. The Kier molecular flexibility index (Phi) is 3.84. The fourth-order valence-electron chi connectivity index (χ4n) is 2.28. The zero-order valence-corrected chi connectivity index (χ0v) is 11.5. The summed E-state index contributed by atoms with van der Waals surface area (Å²) < 4.78 is 0. The summed E-state index contributed by atoms with van der Waals surface area (Å²) >= 11 is 1.73. The molecule has 17 heavy (non-hydrogen) atoms. The molecule has 0 spiro atoms. The third-order valence-corrected chi connectivity index (χ3v) is 4.57. The zero-order valence-electron chi connectivity index (χ0n) is 10.7. The molecule has 1 saturated heterocycles. The van der Waals surface area contributed by atoms with Crippen LogP contribution in [0.15, 0.2) is 11.4 Å². The first-order valence-corrected chi connectivity index (χ1v) is 6.96. The summed E-state index contributed by atoms with van der Waals surface area (Å²) in [5.41, 5.74) is 1.28. The molecular formula is C13H20N2OS. The Bertz CT molecular complexity index is 402. The predicted octanol–water partition coefficient (Wildman–Crippen LogP) is 1.87. The van der Waals surface area contributed by atoms with Gasteiger partial charge in [0.2, 0.25) is 5.91 Å². The van der Waals surface area contributed by atoms with Gasteiger partial charge >= 0.3 is 0 Å². The largest absolute Gasteiger partial charge is 0.340 e. The van der Waals surface area contributed by atoms with Gasteiger partial charge in [-0.05, 0) is 36.4 Å². The van der Waals surface area contributed by atoms with Crippen molar-refractivity contribution in [1.82, 2.24) is 10.2 Å². The molecule has 0 bridgehead atoms. The molecule has 0 radical (unpaired) electrons. The summed E-state index contributed by atoms with van der Waals surface area (Å²) in [4.78, 5) is 15.4. The van der Waals surface area contributed by atoms with Gasteiger partial charge in [0.15, 0.2) is 0 Å². The molecule has 1 fully saturated rings. The average Bonchev–Trinajstić information content (AvgIpc) is 2.88. The van der Waals surface area contributed by atoms with Crippen LogP contribution < -0.4 is 5.32 Å². The van der Waals surface area contributed by atoms with Crippen molar-refractivity contribution >= 4 is 17.2 Å². The fraction of sp³-hybridized carbons (Fsp3) is 0.615. The van der Waals surface area contributed by atoms with Crippen LogP contribution in [0.5, 0.6) is 0 Å². The molecule has 94 valence electrons. The smallest absolute Gasteiger partial charge is 0.227 e. The molecule has 0 aromatic carbocycles. The Balaban J connectivity index is 1.98. The summed E-state index contributed by atoms with van der Waals surface area (Å²) in [5.74, 6) is 0.880. The second kappa shape index (κ2) is 5.19. The number of rotatable bonds is 3. The van der Waals surface area contributed by atoms with E-state index < -0.39 is 0 Å². The summed E-state index contributed by atoms with van der Waals surface area (Å²) in [6.07, 6.45) is 0. The zero-order chi connectivity index (χ0) is 12.4. The van der Waals surface area contributed by atoms with Crippen molar-refractivity contribution in [3.63, 3.8) is 0 Å².